The Labute approximate surface area is 122 Å². The quantitative estimate of drug-likeness (QED) is 0.810. The summed E-state index contributed by atoms with van der Waals surface area (Å²) < 4.78 is 5.24. The highest BCUT2D eigenvalue weighted by Crippen LogP contribution is 2.30. The van der Waals surface area contributed by atoms with E-state index in [9.17, 15) is 14.7 Å². The number of hydrogen-bond donors (Lipinski definition) is 2. The Kier molecular flexibility index (Phi) is 3.65. The minimum Gasteiger partial charge on any atom is -0.481 e. The van der Waals surface area contributed by atoms with Crippen LogP contribution in [0.25, 0.3) is 0 Å². The summed E-state index contributed by atoms with van der Waals surface area (Å²) in [5, 5.41) is 9.41. The van der Waals surface area contributed by atoms with E-state index in [1.165, 1.54) is 0 Å². The summed E-state index contributed by atoms with van der Waals surface area (Å²) in [5.41, 5.74) is 7.57. The summed E-state index contributed by atoms with van der Waals surface area (Å²) in [5.74, 6) is -2.07. The largest absolute Gasteiger partial charge is 0.481 e. The van der Waals surface area contributed by atoms with Crippen molar-refractivity contribution in [3.63, 3.8) is 0 Å². The molecule has 6 heteroatoms. The third-order valence-electron chi connectivity index (χ3n) is 4.25. The minimum atomic E-state index is -0.910. The average molecular weight is 290 g/mol. The van der Waals surface area contributed by atoms with E-state index in [2.05, 4.69) is 0 Å². The molecule has 21 heavy (non-hydrogen) atoms. The van der Waals surface area contributed by atoms with E-state index in [0.29, 0.717) is 19.8 Å². The van der Waals surface area contributed by atoms with Gasteiger partial charge in [-0.3, -0.25) is 9.59 Å². The van der Waals surface area contributed by atoms with E-state index >= 15 is 0 Å². The molecule has 3 atom stereocenters. The van der Waals surface area contributed by atoms with Gasteiger partial charge in [0, 0.05) is 19.1 Å². The standard InChI is InChI=1S/C15H18N2O4/c16-13-8-21-7-12(13)14(18)17-5-9-3-1-2-4-10(9)11(6-17)15(19)20/h1-4,11-13H,5-8,16H2,(H,19,20). The highest BCUT2D eigenvalue weighted by Gasteiger charge is 2.38. The number of nitrogens with two attached hydrogens (primary N) is 1. The Hall–Kier alpha value is -1.92. The summed E-state index contributed by atoms with van der Waals surface area (Å²) >= 11 is 0. The molecule has 1 aromatic carbocycles. The number of benzene rings is 1. The third kappa shape index (κ3) is 2.52. The smallest absolute Gasteiger partial charge is 0.312 e. The van der Waals surface area contributed by atoms with Crippen LogP contribution in [-0.2, 0) is 20.9 Å². The van der Waals surface area contributed by atoms with Gasteiger partial charge in [-0.2, -0.15) is 0 Å². The molecule has 3 rings (SSSR count). The number of carbonyl (C=O) groups excluding carboxylic acids is 1. The number of carbonyl (C=O) groups is 2. The van der Waals surface area contributed by atoms with Gasteiger partial charge in [0.2, 0.25) is 5.91 Å². The van der Waals surface area contributed by atoms with Crippen LogP contribution in [0.15, 0.2) is 24.3 Å². The maximum absolute atomic E-state index is 12.6. The molecule has 0 aromatic heterocycles. The first kappa shape index (κ1) is 14.0. The third-order valence-corrected chi connectivity index (χ3v) is 4.25. The van der Waals surface area contributed by atoms with Crippen molar-refractivity contribution in [3.8, 4) is 0 Å². The van der Waals surface area contributed by atoms with Crippen LogP contribution in [0.3, 0.4) is 0 Å². The molecule has 2 aliphatic heterocycles. The van der Waals surface area contributed by atoms with Crippen LogP contribution in [-0.4, -0.2) is 47.7 Å². The highest BCUT2D eigenvalue weighted by atomic mass is 16.5. The minimum absolute atomic E-state index is 0.110. The number of carboxylic acids is 1. The fourth-order valence-corrected chi connectivity index (χ4v) is 3.05. The van der Waals surface area contributed by atoms with Gasteiger partial charge in [0.1, 0.15) is 0 Å². The van der Waals surface area contributed by atoms with Crippen LogP contribution in [0.4, 0.5) is 0 Å². The molecule has 1 amide bonds. The number of nitrogens with zero attached hydrogens (tertiary/aromatic N) is 1. The molecule has 0 radical (unpaired) electrons. The molecule has 3 unspecified atom stereocenters. The zero-order valence-corrected chi connectivity index (χ0v) is 11.6. The van der Waals surface area contributed by atoms with Crippen LogP contribution in [0.5, 0.6) is 0 Å². The second kappa shape index (κ2) is 5.46. The van der Waals surface area contributed by atoms with Crippen LogP contribution < -0.4 is 5.73 Å². The van der Waals surface area contributed by atoms with E-state index < -0.39 is 11.9 Å². The summed E-state index contributed by atoms with van der Waals surface area (Å²) in [7, 11) is 0. The number of amides is 1. The molecular formula is C15H18N2O4. The van der Waals surface area contributed by atoms with E-state index in [1.54, 1.807) is 4.90 Å². The molecule has 0 saturated carbocycles. The molecule has 112 valence electrons. The number of aliphatic carboxylic acids is 1. The zero-order valence-electron chi connectivity index (χ0n) is 11.6. The topological polar surface area (TPSA) is 92.9 Å². The Morgan fingerprint density at radius 2 is 2.05 bits per heavy atom. The molecular weight excluding hydrogens is 272 g/mol. The van der Waals surface area contributed by atoms with Crippen molar-refractivity contribution in [1.82, 2.24) is 4.90 Å². The van der Waals surface area contributed by atoms with Crippen molar-refractivity contribution < 1.29 is 19.4 Å². The number of carboxylic acid groups (broad SMARTS) is 1. The number of hydrogen-bond acceptors (Lipinski definition) is 4. The maximum Gasteiger partial charge on any atom is 0.312 e. The second-order valence-electron chi connectivity index (χ2n) is 5.62. The summed E-state index contributed by atoms with van der Waals surface area (Å²) in [4.78, 5) is 25.6. The zero-order chi connectivity index (χ0) is 15.0. The normalized spacial score (nSPS) is 28.2. The first-order valence-corrected chi connectivity index (χ1v) is 7.00. The van der Waals surface area contributed by atoms with Gasteiger partial charge in [-0.15, -0.1) is 0 Å². The number of rotatable bonds is 2. The van der Waals surface area contributed by atoms with Gasteiger partial charge < -0.3 is 20.5 Å². The lowest BCUT2D eigenvalue weighted by atomic mass is 9.89. The molecule has 1 saturated heterocycles. The lowest BCUT2D eigenvalue weighted by Gasteiger charge is -2.34. The highest BCUT2D eigenvalue weighted by molar-refractivity contribution is 5.83. The number of ether oxygens (including phenoxy) is 1. The van der Waals surface area contributed by atoms with Gasteiger partial charge in [-0.1, -0.05) is 24.3 Å². The van der Waals surface area contributed by atoms with Gasteiger partial charge in [0.25, 0.3) is 0 Å². The van der Waals surface area contributed by atoms with Crippen LogP contribution in [0.1, 0.15) is 17.0 Å². The fraction of sp³-hybridized carbons (Fsp3) is 0.467. The van der Waals surface area contributed by atoms with Gasteiger partial charge in [-0.25, -0.2) is 0 Å². The molecule has 3 N–H and O–H groups in total. The second-order valence-corrected chi connectivity index (χ2v) is 5.62. The van der Waals surface area contributed by atoms with Gasteiger partial charge in [0.05, 0.1) is 25.0 Å². The molecule has 2 aliphatic rings. The monoisotopic (exact) mass is 290 g/mol. The average Bonchev–Trinajstić information content (AvgIpc) is 2.91. The SMILES string of the molecule is NC1COCC1C(=O)N1Cc2ccccc2C(C(=O)O)C1. The molecule has 1 fully saturated rings. The summed E-state index contributed by atoms with van der Waals surface area (Å²) in [6.07, 6.45) is 0. The Bertz CT molecular complexity index is 575. The van der Waals surface area contributed by atoms with E-state index in [0.717, 1.165) is 11.1 Å². The molecule has 0 aliphatic carbocycles. The first-order chi connectivity index (χ1) is 10.1. The van der Waals surface area contributed by atoms with Crippen molar-refractivity contribution in [1.29, 1.82) is 0 Å². The molecule has 6 nitrogen and oxygen atoms in total. The number of fused-ring (bicyclic) bond motifs is 1. The van der Waals surface area contributed by atoms with E-state index in [1.807, 2.05) is 24.3 Å². The van der Waals surface area contributed by atoms with Gasteiger partial charge in [-0.05, 0) is 11.1 Å². The van der Waals surface area contributed by atoms with Gasteiger partial charge >= 0.3 is 5.97 Å². The molecule has 2 heterocycles. The predicted octanol–water partition coefficient (Wildman–Crippen LogP) is 0.171. The van der Waals surface area contributed by atoms with E-state index in [-0.39, 0.29) is 24.4 Å². The lowest BCUT2D eigenvalue weighted by Crippen LogP contribution is -2.47. The predicted molar refractivity (Wildman–Crippen MR) is 74.5 cm³/mol. The van der Waals surface area contributed by atoms with Crippen LogP contribution in [0, 0.1) is 5.92 Å². The molecule has 1 aromatic rings. The molecule has 0 bridgehead atoms. The summed E-state index contributed by atoms with van der Waals surface area (Å²) in [6, 6.07) is 7.07. The van der Waals surface area contributed by atoms with Gasteiger partial charge in [0.15, 0.2) is 0 Å². The Morgan fingerprint density at radius 1 is 1.29 bits per heavy atom. The maximum atomic E-state index is 12.6. The fourth-order valence-electron chi connectivity index (χ4n) is 3.05. The summed E-state index contributed by atoms with van der Waals surface area (Å²) in [6.45, 7) is 1.31. The van der Waals surface area contributed by atoms with Crippen molar-refractivity contribution in [2.75, 3.05) is 19.8 Å². The van der Waals surface area contributed by atoms with Crippen molar-refractivity contribution in [2.45, 2.75) is 18.5 Å². The van der Waals surface area contributed by atoms with Crippen LogP contribution in [0.2, 0.25) is 0 Å². The van der Waals surface area contributed by atoms with Crippen molar-refractivity contribution in [2.24, 2.45) is 11.7 Å². The van der Waals surface area contributed by atoms with Crippen LogP contribution >= 0.6 is 0 Å². The Balaban J connectivity index is 1.86. The lowest BCUT2D eigenvalue weighted by molar-refractivity contribution is -0.142. The van der Waals surface area contributed by atoms with Crippen molar-refractivity contribution in [3.05, 3.63) is 35.4 Å². The van der Waals surface area contributed by atoms with Crippen molar-refractivity contribution >= 4 is 11.9 Å². The van der Waals surface area contributed by atoms with E-state index in [4.69, 9.17) is 10.5 Å². The molecule has 0 spiro atoms. The Morgan fingerprint density at radius 3 is 2.71 bits per heavy atom. The first-order valence-electron chi connectivity index (χ1n) is 7.00.